The van der Waals surface area contributed by atoms with Crippen LogP contribution in [0.1, 0.15) is 42.3 Å². The number of halogens is 1. The van der Waals surface area contributed by atoms with Crippen molar-refractivity contribution in [2.45, 2.75) is 26.2 Å². The van der Waals surface area contributed by atoms with Gasteiger partial charge in [0.15, 0.2) is 11.5 Å². The van der Waals surface area contributed by atoms with Gasteiger partial charge in [0.05, 0.1) is 18.2 Å². The van der Waals surface area contributed by atoms with Crippen molar-refractivity contribution in [1.29, 1.82) is 0 Å². The number of aromatic carboxylic acids is 1. The molecule has 0 radical (unpaired) electrons. The summed E-state index contributed by atoms with van der Waals surface area (Å²) in [7, 11) is 0. The van der Waals surface area contributed by atoms with Crippen LogP contribution in [-0.2, 0) is 0 Å². The van der Waals surface area contributed by atoms with E-state index >= 15 is 0 Å². The first-order valence-electron chi connectivity index (χ1n) is 7.31. The van der Waals surface area contributed by atoms with Crippen LogP contribution in [0.25, 0.3) is 11.3 Å². The molecule has 7 heteroatoms. The number of carboxylic acid groups (broad SMARTS) is 1. The first-order chi connectivity index (χ1) is 11.0. The SMILES string of the molecule is CC(C)c1c(-c2cc(C(=O)O)on2)cc(Cl)c2c1OCCCO2. The number of carbonyl (C=O) groups is 1. The number of aromatic nitrogens is 1. The van der Waals surface area contributed by atoms with Crippen molar-refractivity contribution in [3.63, 3.8) is 0 Å². The molecule has 1 aromatic carbocycles. The van der Waals surface area contributed by atoms with Crippen molar-refractivity contribution >= 4 is 17.6 Å². The molecule has 23 heavy (non-hydrogen) atoms. The van der Waals surface area contributed by atoms with E-state index in [1.807, 2.05) is 13.8 Å². The third-order valence-electron chi connectivity index (χ3n) is 3.58. The van der Waals surface area contributed by atoms with Crippen LogP contribution in [0.5, 0.6) is 11.5 Å². The first-order valence-corrected chi connectivity index (χ1v) is 7.69. The van der Waals surface area contributed by atoms with Crippen molar-refractivity contribution in [2.75, 3.05) is 13.2 Å². The van der Waals surface area contributed by atoms with Gasteiger partial charge in [-0.25, -0.2) is 4.79 Å². The molecule has 0 spiro atoms. The molecule has 0 saturated carbocycles. The molecule has 0 aliphatic carbocycles. The summed E-state index contributed by atoms with van der Waals surface area (Å²) in [5, 5.41) is 13.3. The van der Waals surface area contributed by atoms with Gasteiger partial charge in [-0.3, -0.25) is 0 Å². The third-order valence-corrected chi connectivity index (χ3v) is 3.87. The van der Waals surface area contributed by atoms with E-state index in [-0.39, 0.29) is 11.7 Å². The van der Waals surface area contributed by atoms with Gasteiger partial charge in [0, 0.05) is 23.6 Å². The average molecular weight is 338 g/mol. The summed E-state index contributed by atoms with van der Waals surface area (Å²) in [6, 6.07) is 3.09. The summed E-state index contributed by atoms with van der Waals surface area (Å²) in [4.78, 5) is 11.0. The second-order valence-electron chi connectivity index (χ2n) is 5.56. The fourth-order valence-corrected chi connectivity index (χ4v) is 2.85. The number of benzene rings is 1. The van der Waals surface area contributed by atoms with Crippen LogP contribution in [0.4, 0.5) is 0 Å². The lowest BCUT2D eigenvalue weighted by Crippen LogP contribution is -2.02. The molecule has 1 N–H and O–H groups in total. The molecule has 1 aliphatic rings. The molecular formula is C16H16ClNO5. The van der Waals surface area contributed by atoms with Gasteiger partial charge >= 0.3 is 5.97 Å². The lowest BCUT2D eigenvalue weighted by atomic mass is 9.93. The summed E-state index contributed by atoms with van der Waals surface area (Å²) < 4.78 is 16.4. The van der Waals surface area contributed by atoms with Crippen molar-refractivity contribution in [3.8, 4) is 22.8 Å². The Balaban J connectivity index is 2.21. The largest absolute Gasteiger partial charge is 0.489 e. The van der Waals surface area contributed by atoms with E-state index in [4.69, 9.17) is 30.7 Å². The van der Waals surface area contributed by atoms with Gasteiger partial charge in [-0.15, -0.1) is 0 Å². The van der Waals surface area contributed by atoms with E-state index < -0.39 is 5.97 Å². The predicted octanol–water partition coefficient (Wildman–Crippen LogP) is 3.98. The van der Waals surface area contributed by atoms with Crippen LogP contribution in [0.15, 0.2) is 16.7 Å². The zero-order valence-corrected chi connectivity index (χ0v) is 13.5. The number of hydrogen-bond acceptors (Lipinski definition) is 5. The molecule has 3 rings (SSSR count). The number of fused-ring (bicyclic) bond motifs is 1. The minimum absolute atomic E-state index is 0.0997. The number of hydrogen-bond donors (Lipinski definition) is 1. The minimum atomic E-state index is -1.17. The Morgan fingerprint density at radius 1 is 1.26 bits per heavy atom. The molecule has 6 nitrogen and oxygen atoms in total. The maximum absolute atomic E-state index is 11.0. The quantitative estimate of drug-likeness (QED) is 0.912. The summed E-state index contributed by atoms with van der Waals surface area (Å²) in [5.74, 6) is -0.172. The van der Waals surface area contributed by atoms with Gasteiger partial charge in [-0.2, -0.15) is 0 Å². The van der Waals surface area contributed by atoms with Gasteiger partial charge < -0.3 is 19.1 Å². The summed E-state index contributed by atoms with van der Waals surface area (Å²) in [5.41, 5.74) is 1.96. The van der Waals surface area contributed by atoms with Crippen LogP contribution >= 0.6 is 11.6 Å². The molecule has 0 bridgehead atoms. The average Bonchev–Trinajstić information content (AvgIpc) is 2.86. The highest BCUT2D eigenvalue weighted by molar-refractivity contribution is 6.32. The molecule has 0 amide bonds. The van der Waals surface area contributed by atoms with E-state index in [0.717, 1.165) is 12.0 Å². The number of ether oxygens (including phenoxy) is 2. The highest BCUT2D eigenvalue weighted by atomic mass is 35.5. The Bertz CT molecular complexity index is 753. The molecule has 1 aliphatic heterocycles. The second-order valence-corrected chi connectivity index (χ2v) is 5.97. The standard InChI is InChI=1S/C16H16ClNO5/c1-8(2)13-9(11-7-12(16(19)20)23-18-11)6-10(17)14-15(13)22-5-3-4-21-14/h6-8H,3-5H2,1-2H3,(H,19,20). The smallest absolute Gasteiger partial charge is 0.374 e. The number of nitrogens with zero attached hydrogens (tertiary/aromatic N) is 1. The lowest BCUT2D eigenvalue weighted by molar-refractivity contribution is 0.0652. The Labute approximate surface area is 137 Å². The zero-order valence-electron chi connectivity index (χ0n) is 12.8. The minimum Gasteiger partial charge on any atom is -0.489 e. The maximum atomic E-state index is 11.0. The summed E-state index contributed by atoms with van der Waals surface area (Å²) >= 11 is 6.34. The van der Waals surface area contributed by atoms with Gasteiger partial charge in [0.1, 0.15) is 5.69 Å². The fourth-order valence-electron chi connectivity index (χ4n) is 2.60. The lowest BCUT2D eigenvalue weighted by Gasteiger charge is -2.19. The molecule has 122 valence electrons. The van der Waals surface area contributed by atoms with Crippen LogP contribution in [0.2, 0.25) is 5.02 Å². The van der Waals surface area contributed by atoms with Crippen molar-refractivity contribution in [1.82, 2.24) is 5.16 Å². The molecule has 2 heterocycles. The zero-order chi connectivity index (χ0) is 16.6. The maximum Gasteiger partial charge on any atom is 0.374 e. The molecule has 0 saturated heterocycles. The van der Waals surface area contributed by atoms with E-state index in [9.17, 15) is 4.79 Å². The van der Waals surface area contributed by atoms with E-state index in [1.165, 1.54) is 6.07 Å². The Kier molecular flexibility index (Phi) is 4.17. The fraction of sp³-hybridized carbons (Fsp3) is 0.375. The third kappa shape index (κ3) is 2.86. The van der Waals surface area contributed by atoms with Crippen LogP contribution in [0.3, 0.4) is 0 Å². The molecule has 2 aromatic rings. The van der Waals surface area contributed by atoms with E-state index in [2.05, 4.69) is 5.16 Å². The van der Waals surface area contributed by atoms with Gasteiger partial charge in [0.25, 0.3) is 0 Å². The van der Waals surface area contributed by atoms with Gasteiger partial charge in [0.2, 0.25) is 5.76 Å². The summed E-state index contributed by atoms with van der Waals surface area (Å²) in [6.45, 7) is 5.10. The normalized spacial score (nSPS) is 13.9. The summed E-state index contributed by atoms with van der Waals surface area (Å²) in [6.07, 6.45) is 0.769. The van der Waals surface area contributed by atoms with Gasteiger partial charge in [-0.1, -0.05) is 30.6 Å². The number of carboxylic acids is 1. The monoisotopic (exact) mass is 337 g/mol. The Morgan fingerprint density at radius 2 is 1.96 bits per heavy atom. The molecule has 0 atom stereocenters. The number of rotatable bonds is 3. The Morgan fingerprint density at radius 3 is 2.57 bits per heavy atom. The van der Waals surface area contributed by atoms with Gasteiger partial charge in [-0.05, 0) is 12.0 Å². The van der Waals surface area contributed by atoms with Crippen LogP contribution in [0, 0.1) is 0 Å². The molecular weight excluding hydrogens is 322 g/mol. The highest BCUT2D eigenvalue weighted by Gasteiger charge is 2.26. The second kappa shape index (κ2) is 6.12. The molecule has 0 unspecified atom stereocenters. The van der Waals surface area contributed by atoms with Crippen molar-refractivity contribution < 1.29 is 23.9 Å². The molecule has 0 fully saturated rings. The topological polar surface area (TPSA) is 81.8 Å². The van der Waals surface area contributed by atoms with Crippen molar-refractivity contribution in [2.24, 2.45) is 0 Å². The predicted molar refractivity (Wildman–Crippen MR) is 83.6 cm³/mol. The molecule has 1 aromatic heterocycles. The van der Waals surface area contributed by atoms with Crippen LogP contribution < -0.4 is 9.47 Å². The van der Waals surface area contributed by atoms with E-state index in [0.29, 0.717) is 41.0 Å². The van der Waals surface area contributed by atoms with Crippen molar-refractivity contribution in [3.05, 3.63) is 28.5 Å². The first kappa shape index (κ1) is 15.7. The Hall–Kier alpha value is -2.21. The van der Waals surface area contributed by atoms with Crippen LogP contribution in [-0.4, -0.2) is 29.4 Å². The van der Waals surface area contributed by atoms with E-state index in [1.54, 1.807) is 6.07 Å². The highest BCUT2D eigenvalue weighted by Crippen LogP contribution is 2.47.